The van der Waals surface area contributed by atoms with Gasteiger partial charge in [-0.15, -0.1) is 0 Å². The highest BCUT2D eigenvalue weighted by molar-refractivity contribution is 9.09. The van der Waals surface area contributed by atoms with E-state index >= 15 is 0 Å². The van der Waals surface area contributed by atoms with E-state index < -0.39 is 5.97 Å². The third-order valence-electron chi connectivity index (χ3n) is 0.995. The summed E-state index contributed by atoms with van der Waals surface area (Å²) in [6.07, 6.45) is 0.885. The SMILES string of the molecule is O=C(O)CCCC(=O)CBr. The van der Waals surface area contributed by atoms with E-state index in [0.29, 0.717) is 18.2 Å². The van der Waals surface area contributed by atoms with Crippen LogP contribution in [0.25, 0.3) is 0 Å². The molecule has 0 amide bonds. The monoisotopic (exact) mass is 208 g/mol. The van der Waals surface area contributed by atoms with Crippen LogP contribution in [0.5, 0.6) is 0 Å². The Balaban J connectivity index is 3.20. The summed E-state index contributed by atoms with van der Waals surface area (Å²) in [5.74, 6) is -0.788. The Kier molecular flexibility index (Phi) is 5.20. The molecule has 0 aliphatic carbocycles. The zero-order valence-electron chi connectivity index (χ0n) is 5.47. The van der Waals surface area contributed by atoms with Crippen LogP contribution in [-0.4, -0.2) is 22.2 Å². The van der Waals surface area contributed by atoms with E-state index in [1.54, 1.807) is 0 Å². The topological polar surface area (TPSA) is 54.4 Å². The van der Waals surface area contributed by atoms with Gasteiger partial charge in [0.05, 0.1) is 5.33 Å². The molecular weight excluding hydrogens is 200 g/mol. The number of Topliss-reactive ketones (excluding diaryl/α,β-unsaturated/α-hetero) is 1. The number of rotatable bonds is 5. The Morgan fingerprint density at radius 2 is 1.90 bits per heavy atom. The third kappa shape index (κ3) is 5.75. The van der Waals surface area contributed by atoms with Crippen molar-refractivity contribution in [1.29, 1.82) is 0 Å². The van der Waals surface area contributed by atoms with E-state index in [2.05, 4.69) is 15.9 Å². The molecule has 0 aromatic rings. The number of hydrogen-bond donors (Lipinski definition) is 1. The zero-order chi connectivity index (χ0) is 7.98. The van der Waals surface area contributed by atoms with E-state index in [-0.39, 0.29) is 12.2 Å². The van der Waals surface area contributed by atoms with Crippen LogP contribution in [0.2, 0.25) is 0 Å². The summed E-state index contributed by atoms with van der Waals surface area (Å²) in [6.45, 7) is 0. The van der Waals surface area contributed by atoms with Crippen molar-refractivity contribution in [3.63, 3.8) is 0 Å². The number of carboxylic acids is 1. The van der Waals surface area contributed by atoms with Gasteiger partial charge in [-0.2, -0.15) is 0 Å². The minimum absolute atomic E-state index is 0.0567. The van der Waals surface area contributed by atoms with E-state index in [4.69, 9.17) is 5.11 Å². The maximum atomic E-state index is 10.6. The average Bonchev–Trinajstić information content (AvgIpc) is 1.87. The van der Waals surface area contributed by atoms with Crippen LogP contribution in [0.4, 0.5) is 0 Å². The number of halogens is 1. The normalized spacial score (nSPS) is 9.30. The smallest absolute Gasteiger partial charge is 0.303 e. The summed E-state index contributed by atoms with van der Waals surface area (Å²) < 4.78 is 0. The van der Waals surface area contributed by atoms with E-state index in [1.807, 2.05) is 0 Å². The molecule has 0 heterocycles. The Labute approximate surface area is 67.5 Å². The number of carbonyl (C=O) groups excluding carboxylic acids is 1. The second-order valence-electron chi connectivity index (χ2n) is 1.92. The minimum atomic E-state index is -0.845. The van der Waals surface area contributed by atoms with Crippen molar-refractivity contribution in [1.82, 2.24) is 0 Å². The molecular formula is C6H9BrO3. The van der Waals surface area contributed by atoms with Crippen LogP contribution in [0, 0.1) is 0 Å². The quantitative estimate of drug-likeness (QED) is 0.692. The molecule has 0 saturated carbocycles. The highest BCUT2D eigenvalue weighted by atomic mass is 79.9. The highest BCUT2D eigenvalue weighted by Crippen LogP contribution is 1.98. The standard InChI is InChI=1S/C6H9BrO3/c7-4-5(8)2-1-3-6(9)10/h1-4H2,(H,9,10). The molecule has 0 fully saturated rings. The molecule has 1 N–H and O–H groups in total. The largest absolute Gasteiger partial charge is 0.481 e. The third-order valence-corrected chi connectivity index (χ3v) is 1.62. The second kappa shape index (κ2) is 5.41. The fourth-order valence-electron chi connectivity index (χ4n) is 0.504. The second-order valence-corrected chi connectivity index (χ2v) is 2.48. The van der Waals surface area contributed by atoms with Gasteiger partial charge >= 0.3 is 5.97 Å². The van der Waals surface area contributed by atoms with Crippen molar-refractivity contribution in [2.75, 3.05) is 5.33 Å². The molecule has 0 aliphatic heterocycles. The van der Waals surface area contributed by atoms with Crippen molar-refractivity contribution in [2.45, 2.75) is 19.3 Å². The van der Waals surface area contributed by atoms with Gasteiger partial charge in [0.2, 0.25) is 0 Å². The van der Waals surface area contributed by atoms with Crippen LogP contribution in [0.1, 0.15) is 19.3 Å². The molecule has 58 valence electrons. The van der Waals surface area contributed by atoms with E-state index in [0.717, 1.165) is 0 Å². The Hall–Kier alpha value is -0.380. The lowest BCUT2D eigenvalue weighted by Crippen LogP contribution is -2.01. The first-order valence-corrected chi connectivity index (χ1v) is 4.08. The average molecular weight is 209 g/mol. The highest BCUT2D eigenvalue weighted by Gasteiger charge is 2.01. The number of aliphatic carboxylic acids is 1. The summed E-state index contributed by atoms with van der Waals surface area (Å²) in [5.41, 5.74) is 0. The van der Waals surface area contributed by atoms with Crippen LogP contribution in [0.3, 0.4) is 0 Å². The summed E-state index contributed by atoms with van der Waals surface area (Å²) in [4.78, 5) is 20.5. The molecule has 0 spiro atoms. The number of alkyl halides is 1. The molecule has 0 bridgehead atoms. The molecule has 4 heteroatoms. The first-order valence-electron chi connectivity index (χ1n) is 2.96. The minimum Gasteiger partial charge on any atom is -0.481 e. The number of hydrogen-bond acceptors (Lipinski definition) is 2. The van der Waals surface area contributed by atoms with Crippen molar-refractivity contribution >= 4 is 27.7 Å². The number of carbonyl (C=O) groups is 2. The van der Waals surface area contributed by atoms with Gasteiger partial charge in [-0.05, 0) is 6.42 Å². The van der Waals surface area contributed by atoms with Gasteiger partial charge in [-0.1, -0.05) is 15.9 Å². The van der Waals surface area contributed by atoms with E-state index in [9.17, 15) is 9.59 Å². The van der Waals surface area contributed by atoms with E-state index in [1.165, 1.54) is 0 Å². The summed E-state index contributed by atoms with van der Waals surface area (Å²) in [7, 11) is 0. The lowest BCUT2D eigenvalue weighted by atomic mass is 10.2. The fourth-order valence-corrected chi connectivity index (χ4v) is 0.784. The first-order chi connectivity index (χ1) is 4.66. The Bertz CT molecular complexity index is 133. The van der Waals surface area contributed by atoms with Crippen molar-refractivity contribution in [3.8, 4) is 0 Å². The molecule has 0 aromatic heterocycles. The van der Waals surface area contributed by atoms with Crippen molar-refractivity contribution in [3.05, 3.63) is 0 Å². The zero-order valence-corrected chi connectivity index (χ0v) is 7.06. The lowest BCUT2D eigenvalue weighted by Gasteiger charge is -1.92. The molecule has 0 aliphatic rings. The lowest BCUT2D eigenvalue weighted by molar-refractivity contribution is -0.137. The van der Waals surface area contributed by atoms with Crippen LogP contribution in [-0.2, 0) is 9.59 Å². The summed E-state index contributed by atoms with van der Waals surface area (Å²) in [6, 6.07) is 0. The van der Waals surface area contributed by atoms with Crippen LogP contribution >= 0.6 is 15.9 Å². The molecule has 0 aromatic carbocycles. The van der Waals surface area contributed by atoms with Crippen molar-refractivity contribution in [2.24, 2.45) is 0 Å². The maximum Gasteiger partial charge on any atom is 0.303 e. The summed E-state index contributed by atoms with van der Waals surface area (Å²) >= 11 is 2.99. The van der Waals surface area contributed by atoms with Gasteiger partial charge in [0, 0.05) is 12.8 Å². The van der Waals surface area contributed by atoms with Gasteiger partial charge in [0.1, 0.15) is 5.78 Å². The molecule has 0 unspecified atom stereocenters. The number of ketones is 1. The van der Waals surface area contributed by atoms with Crippen molar-refractivity contribution < 1.29 is 14.7 Å². The van der Waals surface area contributed by atoms with Crippen LogP contribution < -0.4 is 0 Å². The van der Waals surface area contributed by atoms with Crippen LogP contribution in [0.15, 0.2) is 0 Å². The Morgan fingerprint density at radius 1 is 1.30 bits per heavy atom. The fraction of sp³-hybridized carbons (Fsp3) is 0.667. The molecule has 10 heavy (non-hydrogen) atoms. The predicted octanol–water partition coefficient (Wildman–Crippen LogP) is 1.21. The molecule has 3 nitrogen and oxygen atoms in total. The molecule has 0 atom stereocenters. The molecule has 0 radical (unpaired) electrons. The Morgan fingerprint density at radius 3 is 2.30 bits per heavy atom. The molecule has 0 saturated heterocycles. The maximum absolute atomic E-state index is 10.6. The van der Waals surface area contributed by atoms with Gasteiger partial charge in [-0.3, -0.25) is 9.59 Å². The molecule has 0 rings (SSSR count). The van der Waals surface area contributed by atoms with Gasteiger partial charge in [-0.25, -0.2) is 0 Å². The predicted molar refractivity (Wildman–Crippen MR) is 40.3 cm³/mol. The van der Waals surface area contributed by atoms with Gasteiger partial charge < -0.3 is 5.11 Å². The number of carboxylic acid groups (broad SMARTS) is 1. The first kappa shape index (κ1) is 9.62. The summed E-state index contributed by atoms with van der Waals surface area (Å²) in [5, 5.41) is 8.50. The van der Waals surface area contributed by atoms with Gasteiger partial charge in [0.15, 0.2) is 0 Å². The van der Waals surface area contributed by atoms with Gasteiger partial charge in [0.25, 0.3) is 0 Å².